The second kappa shape index (κ2) is 14.0. The van der Waals surface area contributed by atoms with E-state index in [0.717, 1.165) is 57.3 Å². The molecule has 2 atom stereocenters. The Morgan fingerprint density at radius 2 is 1.58 bits per heavy atom. The predicted octanol–water partition coefficient (Wildman–Crippen LogP) is 4.22. The molecule has 11 heteroatoms. The van der Waals surface area contributed by atoms with E-state index in [9.17, 15) is 32.7 Å². The fourth-order valence-electron chi connectivity index (χ4n) is 6.54. The summed E-state index contributed by atoms with van der Waals surface area (Å²) < 4.78 is 39.1. The van der Waals surface area contributed by atoms with E-state index in [1.807, 2.05) is 17.0 Å². The van der Waals surface area contributed by atoms with Gasteiger partial charge >= 0.3 is 210 Å². The van der Waals surface area contributed by atoms with Gasteiger partial charge in [0.25, 0.3) is 0 Å². The van der Waals surface area contributed by atoms with Crippen LogP contribution in [0.25, 0.3) is 0 Å². The van der Waals surface area contributed by atoms with Crippen LogP contribution >= 0.6 is 0 Å². The fraction of sp³-hybridized carbons (Fsp3) is 0.531. The number of hydrogen-bond acceptors (Lipinski definition) is 5. The Hall–Kier alpha value is -2.68. The molecule has 0 radical (unpaired) electrons. The average Bonchev–Trinajstić information content (AvgIpc) is 3.48. The van der Waals surface area contributed by atoms with E-state index >= 15 is 0 Å². The van der Waals surface area contributed by atoms with Crippen molar-refractivity contribution < 1.29 is 32.7 Å². The number of nitrogens with one attached hydrogen (secondary N) is 1. The van der Waals surface area contributed by atoms with Gasteiger partial charge in [-0.25, -0.2) is 0 Å². The molecule has 3 aliphatic rings. The van der Waals surface area contributed by atoms with Crippen LogP contribution in [0.4, 0.5) is 13.2 Å². The number of amides is 2. The van der Waals surface area contributed by atoms with E-state index in [-0.39, 0.29) is 28.7 Å². The minimum absolute atomic E-state index is 0.00990. The van der Waals surface area contributed by atoms with E-state index in [1.165, 1.54) is 17.7 Å². The molecule has 2 aliphatic heterocycles. The number of hydrogen-bond donors (Lipinski definition) is 2. The Morgan fingerprint density at radius 1 is 0.884 bits per heavy atom. The van der Waals surface area contributed by atoms with Crippen LogP contribution in [0, 0.1) is 0 Å². The minimum atomic E-state index is -4.53. The summed E-state index contributed by atoms with van der Waals surface area (Å²) >= 11 is -0.956. The maximum atomic E-state index is 12.9. The Balaban J connectivity index is 1.03. The van der Waals surface area contributed by atoms with Gasteiger partial charge in [-0.3, -0.25) is 4.79 Å². The number of halogens is 3. The number of piperidine rings is 1. The molecule has 232 valence electrons. The number of aliphatic hydroxyl groups is 1. The van der Waals surface area contributed by atoms with Crippen molar-refractivity contribution in [2.45, 2.75) is 73.9 Å². The zero-order valence-corrected chi connectivity index (χ0v) is 26.2. The standard InChI is InChI=1S/C32H39AsF3N3O4/c34-32(35,36)25-3-1-2-24(18-25)30(42)37-19-29(41)33-26-12-15-39(20-26)27-10-8-22(9-11-27)21-4-6-23(7-5-21)31(43)38-16-13-28(40)14-17-38/h1-7,18,22,26-28,33,40H,8-17,19-20H2,(H,37,42)/t22?,26-,27?/m1/s1. The quantitative estimate of drug-likeness (QED) is 0.414. The maximum absolute atomic E-state index is 12.9. The topological polar surface area (TPSA) is 90.0 Å². The van der Waals surface area contributed by atoms with Gasteiger partial charge < -0.3 is 10.0 Å². The Morgan fingerprint density at radius 3 is 2.26 bits per heavy atom. The summed E-state index contributed by atoms with van der Waals surface area (Å²) in [4.78, 5) is 42.1. The van der Waals surface area contributed by atoms with Gasteiger partial charge in [0, 0.05) is 13.1 Å². The van der Waals surface area contributed by atoms with Crippen molar-refractivity contribution in [1.29, 1.82) is 0 Å². The number of rotatable bonds is 8. The number of carbonyl (C=O) groups excluding carboxylic acids is 3. The molecule has 0 aromatic heterocycles. The van der Waals surface area contributed by atoms with E-state index < -0.39 is 33.4 Å². The molecule has 2 amide bonds. The van der Waals surface area contributed by atoms with Gasteiger partial charge in [0.1, 0.15) is 0 Å². The molecule has 5 rings (SSSR count). The van der Waals surface area contributed by atoms with E-state index in [1.54, 1.807) is 0 Å². The van der Waals surface area contributed by atoms with E-state index in [2.05, 4.69) is 22.3 Å². The zero-order chi connectivity index (χ0) is 30.6. The van der Waals surface area contributed by atoms with Crippen molar-refractivity contribution in [1.82, 2.24) is 15.1 Å². The van der Waals surface area contributed by atoms with Crippen LogP contribution in [0.3, 0.4) is 0 Å². The Labute approximate surface area is 256 Å². The first-order chi connectivity index (χ1) is 20.6. The molecule has 2 aromatic carbocycles. The van der Waals surface area contributed by atoms with Gasteiger partial charge in [-0.2, -0.15) is 0 Å². The van der Waals surface area contributed by atoms with Gasteiger partial charge in [-0.1, -0.05) is 0 Å². The summed E-state index contributed by atoms with van der Waals surface area (Å²) in [6.07, 6.45) is 1.75. The summed E-state index contributed by atoms with van der Waals surface area (Å²) in [6, 6.07) is 12.8. The van der Waals surface area contributed by atoms with Crippen LogP contribution in [0.5, 0.6) is 0 Å². The van der Waals surface area contributed by atoms with Crippen LogP contribution < -0.4 is 5.32 Å². The van der Waals surface area contributed by atoms with Crippen LogP contribution in [-0.2, 0) is 11.0 Å². The molecule has 1 unspecified atom stereocenters. The molecule has 2 aromatic rings. The van der Waals surface area contributed by atoms with E-state index in [0.29, 0.717) is 48.2 Å². The van der Waals surface area contributed by atoms with Crippen LogP contribution in [0.2, 0.25) is 4.71 Å². The molecule has 2 N–H and O–H groups in total. The first kappa shape index (κ1) is 31.7. The van der Waals surface area contributed by atoms with Crippen molar-refractivity contribution in [3.8, 4) is 0 Å². The first-order valence-corrected chi connectivity index (χ1v) is 17.4. The SMILES string of the molecule is O=C(CNC(=O)c1cccc(C(F)(F)F)c1)[AsH][C@@H]1CCN(C2CCC(c3ccc(C(=O)N4CCC(O)CC4)cc3)CC2)C1. The summed E-state index contributed by atoms with van der Waals surface area (Å²) in [5.74, 6) is -0.162. The molecule has 7 nitrogen and oxygen atoms in total. The number of carbonyl (C=O) groups is 3. The van der Waals surface area contributed by atoms with Gasteiger partial charge in [0.15, 0.2) is 0 Å². The van der Waals surface area contributed by atoms with Crippen molar-refractivity contribution in [2.75, 3.05) is 32.7 Å². The Bertz CT molecular complexity index is 1290. The summed E-state index contributed by atoms with van der Waals surface area (Å²) in [6.45, 7) is 2.92. The summed E-state index contributed by atoms with van der Waals surface area (Å²) in [7, 11) is 0. The monoisotopic (exact) mass is 661 g/mol. The molecule has 0 spiro atoms. The molecule has 43 heavy (non-hydrogen) atoms. The van der Waals surface area contributed by atoms with E-state index in [4.69, 9.17) is 0 Å². The van der Waals surface area contributed by atoms with Crippen LogP contribution in [0.1, 0.15) is 82.7 Å². The van der Waals surface area contributed by atoms with Gasteiger partial charge in [0.05, 0.1) is 6.10 Å². The number of aliphatic hydroxyl groups excluding tert-OH is 1. The fourth-order valence-corrected chi connectivity index (χ4v) is 9.15. The number of benzene rings is 2. The second-order valence-corrected chi connectivity index (χ2v) is 15.4. The van der Waals surface area contributed by atoms with Gasteiger partial charge in [-0.15, -0.1) is 0 Å². The zero-order valence-electron chi connectivity index (χ0n) is 24.1. The second-order valence-electron chi connectivity index (χ2n) is 12.0. The predicted molar refractivity (Wildman–Crippen MR) is 158 cm³/mol. The molecular weight excluding hydrogens is 622 g/mol. The molecule has 1 saturated carbocycles. The molecule has 2 saturated heterocycles. The number of likely N-dealkylation sites (tertiary alicyclic amines) is 2. The average molecular weight is 662 g/mol. The van der Waals surface area contributed by atoms with Crippen LogP contribution in [0.15, 0.2) is 48.5 Å². The van der Waals surface area contributed by atoms with Crippen LogP contribution in [-0.4, -0.2) is 91.9 Å². The molecule has 0 bridgehead atoms. The Kier molecular flexibility index (Phi) is 10.3. The van der Waals surface area contributed by atoms with Crippen molar-refractivity contribution in [3.05, 3.63) is 70.8 Å². The van der Waals surface area contributed by atoms with Crippen molar-refractivity contribution >= 4 is 32.1 Å². The van der Waals surface area contributed by atoms with Crippen molar-refractivity contribution in [2.24, 2.45) is 0 Å². The molecular formula is C32H39AsF3N3O4. The number of alkyl halides is 3. The summed E-state index contributed by atoms with van der Waals surface area (Å²) in [5.41, 5.74) is 0.979. The van der Waals surface area contributed by atoms with Crippen molar-refractivity contribution in [3.63, 3.8) is 0 Å². The molecule has 2 heterocycles. The van der Waals surface area contributed by atoms with Gasteiger partial charge in [-0.05, 0) is 12.8 Å². The third kappa shape index (κ3) is 8.28. The first-order valence-electron chi connectivity index (χ1n) is 15.1. The molecule has 1 aliphatic carbocycles. The molecule has 3 fully saturated rings. The number of nitrogens with zero attached hydrogens (tertiary/aromatic N) is 2. The van der Waals surface area contributed by atoms with Gasteiger partial charge in [0.2, 0.25) is 0 Å². The third-order valence-electron chi connectivity index (χ3n) is 9.04. The third-order valence-corrected chi connectivity index (χ3v) is 11.9. The summed E-state index contributed by atoms with van der Waals surface area (Å²) in [5, 5.41) is 12.2. The normalized spacial score (nSPS) is 24.0.